The van der Waals surface area contributed by atoms with Gasteiger partial charge in [-0.15, -0.1) is 0 Å². The molecule has 3 atom stereocenters. The van der Waals surface area contributed by atoms with Gasteiger partial charge in [0, 0.05) is 28.2 Å². The van der Waals surface area contributed by atoms with Gasteiger partial charge in [-0.1, -0.05) is 220 Å². The van der Waals surface area contributed by atoms with Crippen LogP contribution in [0.2, 0.25) is 0 Å². The van der Waals surface area contributed by atoms with Crippen molar-refractivity contribution in [3.63, 3.8) is 0 Å². The lowest BCUT2D eigenvalue weighted by atomic mass is 9.71. The quantitative estimate of drug-likeness (QED) is 0.146. The Bertz CT molecular complexity index is 3020. The number of nitrogens with zero attached hydrogens (tertiary/aromatic N) is 3. The lowest BCUT2D eigenvalue weighted by Gasteiger charge is -2.31. The van der Waals surface area contributed by atoms with Crippen LogP contribution in [0.1, 0.15) is 49.8 Å². The SMILES string of the molecule is CCC1C(c2ccccc2)=NC(c2ccc(-c3ccc(-c4ccc(-c5nc(-c6ccccc6)cc(-c6ccccc6)n5)cc4)c4ccccc34)cc2)=C(C)C(C)C1c1ccccc1. The Morgan fingerprint density at radius 2 is 0.857 bits per heavy atom. The summed E-state index contributed by atoms with van der Waals surface area (Å²) >= 11 is 0. The lowest BCUT2D eigenvalue weighted by molar-refractivity contribution is 0.426. The molecule has 0 bridgehead atoms. The minimum absolute atomic E-state index is 0.282. The molecule has 3 heteroatoms. The third kappa shape index (κ3) is 7.83. The summed E-state index contributed by atoms with van der Waals surface area (Å²) < 4.78 is 0. The highest BCUT2D eigenvalue weighted by atomic mass is 14.9. The molecule has 2 heterocycles. The molecule has 9 aromatic rings. The van der Waals surface area contributed by atoms with Crippen LogP contribution in [0.5, 0.6) is 0 Å². The first kappa shape index (κ1) is 39.6. The largest absolute Gasteiger partial charge is 0.252 e. The number of benzene rings is 8. The summed E-state index contributed by atoms with van der Waals surface area (Å²) in [6.45, 7) is 7.01. The van der Waals surface area contributed by atoms with E-state index < -0.39 is 0 Å². The number of hydrogen-bond donors (Lipinski definition) is 0. The molecule has 304 valence electrons. The van der Waals surface area contributed by atoms with E-state index in [9.17, 15) is 0 Å². The molecule has 1 aliphatic rings. The molecule has 0 fully saturated rings. The van der Waals surface area contributed by atoms with Crippen molar-refractivity contribution in [1.82, 2.24) is 9.97 Å². The smallest absolute Gasteiger partial charge is 0.160 e. The van der Waals surface area contributed by atoms with Crippen LogP contribution < -0.4 is 0 Å². The summed E-state index contributed by atoms with van der Waals surface area (Å²) in [4.78, 5) is 15.8. The number of aliphatic imine (C=N–C) groups is 1. The summed E-state index contributed by atoms with van der Waals surface area (Å²) in [5.41, 5.74) is 17.0. The van der Waals surface area contributed by atoms with Gasteiger partial charge in [-0.25, -0.2) is 9.97 Å². The van der Waals surface area contributed by atoms with E-state index in [-0.39, 0.29) is 5.92 Å². The van der Waals surface area contributed by atoms with Crippen molar-refractivity contribution in [3.05, 3.63) is 235 Å². The van der Waals surface area contributed by atoms with E-state index in [0.717, 1.165) is 51.3 Å². The van der Waals surface area contributed by atoms with Crippen LogP contribution in [-0.2, 0) is 0 Å². The van der Waals surface area contributed by atoms with E-state index in [1.165, 1.54) is 49.9 Å². The number of aromatic nitrogens is 2. The van der Waals surface area contributed by atoms with Crippen molar-refractivity contribution in [3.8, 4) is 56.2 Å². The third-order valence-electron chi connectivity index (χ3n) is 13.0. The molecule has 8 aromatic carbocycles. The van der Waals surface area contributed by atoms with Gasteiger partial charge in [-0.3, -0.25) is 4.99 Å². The first-order chi connectivity index (χ1) is 31.0. The summed E-state index contributed by atoms with van der Waals surface area (Å²) in [5.74, 6) is 1.61. The molecule has 0 aliphatic carbocycles. The molecule has 1 aliphatic heterocycles. The fourth-order valence-corrected chi connectivity index (χ4v) is 9.62. The molecule has 0 saturated carbocycles. The predicted molar refractivity (Wildman–Crippen MR) is 264 cm³/mol. The summed E-state index contributed by atoms with van der Waals surface area (Å²) in [7, 11) is 0. The Morgan fingerprint density at radius 3 is 1.35 bits per heavy atom. The summed E-state index contributed by atoms with van der Waals surface area (Å²) in [5, 5.41) is 2.43. The van der Waals surface area contributed by atoms with Gasteiger partial charge in [0.1, 0.15) is 0 Å². The minimum atomic E-state index is 0.282. The first-order valence-corrected chi connectivity index (χ1v) is 22.2. The van der Waals surface area contributed by atoms with Crippen molar-refractivity contribution in [2.75, 3.05) is 0 Å². The van der Waals surface area contributed by atoms with E-state index in [1.807, 2.05) is 12.1 Å². The number of fused-ring (bicyclic) bond motifs is 1. The average Bonchev–Trinajstić information content (AvgIpc) is 3.47. The maximum absolute atomic E-state index is 5.62. The van der Waals surface area contributed by atoms with E-state index in [0.29, 0.717) is 17.7 Å². The van der Waals surface area contributed by atoms with Crippen LogP contribution in [0, 0.1) is 11.8 Å². The fourth-order valence-electron chi connectivity index (χ4n) is 9.62. The molecule has 63 heavy (non-hydrogen) atoms. The Kier molecular flexibility index (Phi) is 11.0. The Labute approximate surface area is 371 Å². The monoisotopic (exact) mass is 811 g/mol. The zero-order valence-corrected chi connectivity index (χ0v) is 36.0. The third-order valence-corrected chi connectivity index (χ3v) is 13.0. The first-order valence-electron chi connectivity index (χ1n) is 22.2. The van der Waals surface area contributed by atoms with Crippen LogP contribution in [-0.4, -0.2) is 15.7 Å². The highest BCUT2D eigenvalue weighted by Crippen LogP contribution is 2.45. The van der Waals surface area contributed by atoms with Crippen LogP contribution in [0.4, 0.5) is 0 Å². The van der Waals surface area contributed by atoms with Crippen molar-refractivity contribution < 1.29 is 0 Å². The number of hydrogen-bond acceptors (Lipinski definition) is 3. The minimum Gasteiger partial charge on any atom is -0.252 e. The van der Waals surface area contributed by atoms with Gasteiger partial charge in [0.25, 0.3) is 0 Å². The van der Waals surface area contributed by atoms with Gasteiger partial charge in [0.05, 0.1) is 22.8 Å². The molecule has 3 unspecified atom stereocenters. The molecular weight excluding hydrogens is 763 g/mol. The van der Waals surface area contributed by atoms with Gasteiger partial charge in [0.2, 0.25) is 0 Å². The van der Waals surface area contributed by atoms with Crippen LogP contribution in [0.15, 0.2) is 223 Å². The molecule has 0 radical (unpaired) electrons. The van der Waals surface area contributed by atoms with Crippen LogP contribution >= 0.6 is 0 Å². The van der Waals surface area contributed by atoms with Gasteiger partial charge in [0.15, 0.2) is 5.82 Å². The molecule has 0 spiro atoms. The molecule has 1 aromatic heterocycles. The molecule has 10 rings (SSSR count). The zero-order chi connectivity index (χ0) is 42.7. The van der Waals surface area contributed by atoms with E-state index >= 15 is 0 Å². The Hall–Kier alpha value is -7.49. The second-order valence-corrected chi connectivity index (χ2v) is 16.7. The van der Waals surface area contributed by atoms with Crippen molar-refractivity contribution >= 4 is 22.2 Å². The topological polar surface area (TPSA) is 38.1 Å². The second-order valence-electron chi connectivity index (χ2n) is 16.7. The predicted octanol–water partition coefficient (Wildman–Crippen LogP) is 15.6. The van der Waals surface area contributed by atoms with E-state index in [2.05, 4.69) is 221 Å². The molecule has 0 amide bonds. The van der Waals surface area contributed by atoms with Crippen molar-refractivity contribution in [2.45, 2.75) is 33.1 Å². The number of rotatable bonds is 9. The van der Waals surface area contributed by atoms with Crippen LogP contribution in [0.3, 0.4) is 0 Å². The summed E-state index contributed by atoms with van der Waals surface area (Å²) in [6.07, 6.45) is 1.01. The van der Waals surface area contributed by atoms with Crippen molar-refractivity contribution in [2.24, 2.45) is 16.8 Å². The van der Waals surface area contributed by atoms with E-state index in [4.69, 9.17) is 15.0 Å². The highest BCUT2D eigenvalue weighted by Gasteiger charge is 2.36. The van der Waals surface area contributed by atoms with Crippen molar-refractivity contribution in [1.29, 1.82) is 0 Å². The highest BCUT2D eigenvalue weighted by molar-refractivity contribution is 6.07. The van der Waals surface area contributed by atoms with Crippen LogP contribution in [0.25, 0.3) is 72.6 Å². The number of allylic oxidation sites excluding steroid dienone is 1. The lowest BCUT2D eigenvalue weighted by Crippen LogP contribution is -2.26. The molecule has 0 saturated heterocycles. The zero-order valence-electron chi connectivity index (χ0n) is 36.0. The standard InChI is InChI=1S/C60H49N3/c1-4-50-57(46-23-13-7-14-24-46)40(2)41(3)58(63-59(50)47-25-15-8-16-26-47)48-33-29-42(30-34-48)51-37-38-52(54-28-18-17-27-53(51)54)43-31-35-49(36-32-43)60-61-55(44-19-9-5-10-20-44)39-56(62-60)45-21-11-6-12-22-45/h5-40,50,57H,4H2,1-3H3. The maximum Gasteiger partial charge on any atom is 0.160 e. The summed E-state index contributed by atoms with van der Waals surface area (Å²) in [6, 6.07) is 75.7. The Balaban J connectivity index is 0.992. The second kappa shape index (κ2) is 17.5. The molecule has 0 N–H and O–H groups in total. The normalized spacial score (nSPS) is 16.4. The maximum atomic E-state index is 5.62. The molecular formula is C60H49N3. The van der Waals surface area contributed by atoms with E-state index in [1.54, 1.807) is 0 Å². The Morgan fingerprint density at radius 1 is 0.429 bits per heavy atom. The van der Waals surface area contributed by atoms with Gasteiger partial charge in [-0.2, -0.15) is 0 Å². The molecule has 3 nitrogen and oxygen atoms in total. The van der Waals surface area contributed by atoms with Gasteiger partial charge < -0.3 is 0 Å². The fraction of sp³-hybridized carbons (Fsp3) is 0.117. The van der Waals surface area contributed by atoms with Gasteiger partial charge in [-0.05, 0) is 81.0 Å². The van der Waals surface area contributed by atoms with Gasteiger partial charge >= 0.3 is 0 Å². The average molecular weight is 812 g/mol.